The van der Waals surface area contributed by atoms with Gasteiger partial charge in [0.2, 0.25) is 5.91 Å². The first-order valence-electron chi connectivity index (χ1n) is 8.26. The predicted molar refractivity (Wildman–Crippen MR) is 95.9 cm³/mol. The van der Waals surface area contributed by atoms with Crippen LogP contribution in [0.3, 0.4) is 0 Å². The Kier molecular flexibility index (Phi) is 6.84. The summed E-state index contributed by atoms with van der Waals surface area (Å²) in [6, 6.07) is 11.7. The fourth-order valence-electron chi connectivity index (χ4n) is 2.16. The molecule has 136 valence electrons. The Hall–Kier alpha value is -3.22. The van der Waals surface area contributed by atoms with Gasteiger partial charge in [0.15, 0.2) is 0 Å². The number of halogens is 1. The Morgan fingerprint density at radius 2 is 1.58 bits per heavy atom. The van der Waals surface area contributed by atoms with Crippen molar-refractivity contribution < 1.29 is 18.8 Å². The fraction of sp³-hybridized carbons (Fsp3) is 0.211. The van der Waals surface area contributed by atoms with E-state index < -0.39 is 17.6 Å². The minimum Gasteiger partial charge on any atom is -0.326 e. The molecule has 0 heterocycles. The molecule has 0 aliphatic carbocycles. The number of rotatable bonds is 6. The zero-order valence-electron chi connectivity index (χ0n) is 14.3. The van der Waals surface area contributed by atoms with E-state index in [4.69, 9.17) is 0 Å². The second-order valence-corrected chi connectivity index (χ2v) is 5.62. The second-order valence-electron chi connectivity index (χ2n) is 5.62. The van der Waals surface area contributed by atoms with Crippen LogP contribution in [0.1, 0.15) is 46.9 Å². The molecule has 2 aromatic carbocycles. The summed E-state index contributed by atoms with van der Waals surface area (Å²) >= 11 is 0. The summed E-state index contributed by atoms with van der Waals surface area (Å²) in [4.78, 5) is 35.5. The number of hydrogen-bond donors (Lipinski definition) is 3. The molecule has 0 spiro atoms. The first kappa shape index (κ1) is 19.1. The number of anilines is 1. The lowest BCUT2D eigenvalue weighted by atomic mass is 10.2. The van der Waals surface area contributed by atoms with Crippen LogP contribution in [0.25, 0.3) is 0 Å². The van der Waals surface area contributed by atoms with E-state index in [-0.39, 0.29) is 17.0 Å². The maximum atomic E-state index is 13.5. The Morgan fingerprint density at radius 3 is 2.23 bits per heavy atom. The molecular weight excluding hydrogens is 337 g/mol. The van der Waals surface area contributed by atoms with Crippen LogP contribution in [0.5, 0.6) is 0 Å². The highest BCUT2D eigenvalue weighted by atomic mass is 19.1. The van der Waals surface area contributed by atoms with E-state index in [1.807, 2.05) is 6.92 Å². The molecule has 0 unspecified atom stereocenters. The average Bonchev–Trinajstić information content (AvgIpc) is 2.65. The summed E-state index contributed by atoms with van der Waals surface area (Å²) in [6.07, 6.45) is 2.19. The zero-order chi connectivity index (χ0) is 18.9. The Labute approximate surface area is 150 Å². The van der Waals surface area contributed by atoms with Crippen molar-refractivity contribution in [2.45, 2.75) is 26.2 Å². The van der Waals surface area contributed by atoms with Gasteiger partial charge in [-0.1, -0.05) is 25.5 Å². The van der Waals surface area contributed by atoms with Crippen LogP contribution in [0.4, 0.5) is 10.1 Å². The molecule has 0 bridgehead atoms. The van der Waals surface area contributed by atoms with Gasteiger partial charge >= 0.3 is 0 Å². The molecular formula is C19H20FN3O3. The van der Waals surface area contributed by atoms with Crippen molar-refractivity contribution in [3.8, 4) is 0 Å². The van der Waals surface area contributed by atoms with Gasteiger partial charge in [0.1, 0.15) is 5.82 Å². The highest BCUT2D eigenvalue weighted by Gasteiger charge is 2.12. The molecule has 2 rings (SSSR count). The summed E-state index contributed by atoms with van der Waals surface area (Å²) < 4.78 is 13.5. The molecule has 0 atom stereocenters. The summed E-state index contributed by atoms with van der Waals surface area (Å²) in [6.45, 7) is 2.01. The van der Waals surface area contributed by atoms with Gasteiger partial charge < -0.3 is 5.32 Å². The number of unbranched alkanes of at least 4 members (excludes halogenated alkanes) is 1. The largest absolute Gasteiger partial charge is 0.326 e. The number of hydrogen-bond acceptors (Lipinski definition) is 3. The van der Waals surface area contributed by atoms with Crippen LogP contribution in [0, 0.1) is 5.82 Å². The van der Waals surface area contributed by atoms with Crippen LogP contribution in [0.2, 0.25) is 0 Å². The molecule has 6 nitrogen and oxygen atoms in total. The molecule has 0 saturated carbocycles. The summed E-state index contributed by atoms with van der Waals surface area (Å²) in [5.41, 5.74) is 5.08. The predicted octanol–water partition coefficient (Wildman–Crippen LogP) is 3.03. The number of amides is 3. The van der Waals surface area contributed by atoms with Gasteiger partial charge in [-0.3, -0.25) is 25.2 Å². The summed E-state index contributed by atoms with van der Waals surface area (Å²) in [5, 5.41) is 2.74. The van der Waals surface area contributed by atoms with Crippen molar-refractivity contribution >= 4 is 23.4 Å². The van der Waals surface area contributed by atoms with Gasteiger partial charge in [-0.25, -0.2) is 4.39 Å². The summed E-state index contributed by atoms with van der Waals surface area (Å²) in [5.74, 6) is -2.07. The third kappa shape index (κ3) is 5.41. The highest BCUT2D eigenvalue weighted by Crippen LogP contribution is 2.11. The second kappa shape index (κ2) is 9.31. The van der Waals surface area contributed by atoms with Gasteiger partial charge in [0, 0.05) is 17.7 Å². The van der Waals surface area contributed by atoms with Gasteiger partial charge in [-0.15, -0.1) is 0 Å². The van der Waals surface area contributed by atoms with Crippen LogP contribution < -0.4 is 16.2 Å². The number of nitrogens with one attached hydrogen (secondary N) is 3. The molecule has 2 aromatic rings. The van der Waals surface area contributed by atoms with E-state index in [0.29, 0.717) is 12.1 Å². The minimum atomic E-state index is -0.753. The molecule has 26 heavy (non-hydrogen) atoms. The number of carbonyl (C=O) groups excluding carboxylic acids is 3. The first-order chi connectivity index (χ1) is 12.5. The van der Waals surface area contributed by atoms with Gasteiger partial charge in [-0.05, 0) is 42.8 Å². The van der Waals surface area contributed by atoms with Crippen molar-refractivity contribution in [2.24, 2.45) is 0 Å². The molecule has 0 saturated heterocycles. The van der Waals surface area contributed by atoms with Gasteiger partial charge in [-0.2, -0.15) is 0 Å². The topological polar surface area (TPSA) is 87.3 Å². The molecule has 3 amide bonds. The first-order valence-corrected chi connectivity index (χ1v) is 8.26. The molecule has 0 fully saturated rings. The van der Waals surface area contributed by atoms with Gasteiger partial charge in [0.05, 0.1) is 5.56 Å². The lowest BCUT2D eigenvalue weighted by molar-refractivity contribution is -0.116. The standard InChI is InChI=1S/C19H20FN3O3/c1-2-3-8-17(24)21-14-11-9-13(10-12-14)18(25)22-23-19(26)15-6-4-5-7-16(15)20/h4-7,9-12H,2-3,8H2,1H3,(H,21,24)(H,22,25)(H,23,26). The molecule has 0 aliphatic rings. The Morgan fingerprint density at radius 1 is 0.923 bits per heavy atom. The Balaban J connectivity index is 1.89. The molecule has 7 heteroatoms. The number of benzene rings is 2. The normalized spacial score (nSPS) is 10.1. The molecule has 3 N–H and O–H groups in total. The minimum absolute atomic E-state index is 0.0822. The van der Waals surface area contributed by atoms with E-state index in [1.54, 1.807) is 12.1 Å². The van der Waals surface area contributed by atoms with Crippen LogP contribution in [0.15, 0.2) is 48.5 Å². The quantitative estimate of drug-likeness (QED) is 0.695. The average molecular weight is 357 g/mol. The third-order valence-electron chi connectivity index (χ3n) is 3.60. The van der Waals surface area contributed by atoms with E-state index >= 15 is 0 Å². The van der Waals surface area contributed by atoms with E-state index in [2.05, 4.69) is 16.2 Å². The van der Waals surface area contributed by atoms with Crippen molar-refractivity contribution in [1.82, 2.24) is 10.9 Å². The maximum Gasteiger partial charge on any atom is 0.272 e. The van der Waals surface area contributed by atoms with Crippen LogP contribution in [-0.4, -0.2) is 17.7 Å². The van der Waals surface area contributed by atoms with Crippen molar-refractivity contribution in [2.75, 3.05) is 5.32 Å². The maximum absolute atomic E-state index is 13.5. The molecule has 0 radical (unpaired) electrons. The van der Waals surface area contributed by atoms with E-state index in [0.717, 1.165) is 18.9 Å². The molecule has 0 aliphatic heterocycles. The van der Waals surface area contributed by atoms with Crippen LogP contribution in [-0.2, 0) is 4.79 Å². The van der Waals surface area contributed by atoms with Crippen molar-refractivity contribution in [3.05, 3.63) is 65.5 Å². The number of hydrazine groups is 1. The van der Waals surface area contributed by atoms with Gasteiger partial charge in [0.25, 0.3) is 11.8 Å². The number of carbonyl (C=O) groups is 3. The summed E-state index contributed by atoms with van der Waals surface area (Å²) in [7, 11) is 0. The zero-order valence-corrected chi connectivity index (χ0v) is 14.3. The monoisotopic (exact) mass is 357 g/mol. The third-order valence-corrected chi connectivity index (χ3v) is 3.60. The van der Waals surface area contributed by atoms with E-state index in [1.165, 1.54) is 30.3 Å². The lowest BCUT2D eigenvalue weighted by Crippen LogP contribution is -2.41. The lowest BCUT2D eigenvalue weighted by Gasteiger charge is -2.09. The van der Waals surface area contributed by atoms with Crippen LogP contribution >= 0.6 is 0 Å². The smallest absolute Gasteiger partial charge is 0.272 e. The SMILES string of the molecule is CCCCC(=O)Nc1ccc(C(=O)NNC(=O)c2ccccc2F)cc1. The van der Waals surface area contributed by atoms with Crippen molar-refractivity contribution in [3.63, 3.8) is 0 Å². The van der Waals surface area contributed by atoms with Crippen molar-refractivity contribution in [1.29, 1.82) is 0 Å². The fourth-order valence-corrected chi connectivity index (χ4v) is 2.16. The highest BCUT2D eigenvalue weighted by molar-refractivity contribution is 5.99. The Bertz CT molecular complexity index is 791. The molecule has 0 aromatic heterocycles. The van der Waals surface area contributed by atoms with E-state index in [9.17, 15) is 18.8 Å².